The maximum Gasteiger partial charge on any atom is 0.252 e. The number of hydrogen-bond acceptors (Lipinski definition) is 2. The highest BCUT2D eigenvalue weighted by Crippen LogP contribution is 2.55. The van der Waals surface area contributed by atoms with Gasteiger partial charge in [-0.1, -0.05) is 352 Å². The van der Waals surface area contributed by atoms with Crippen molar-refractivity contribution in [2.75, 3.05) is 9.80 Å². The summed E-state index contributed by atoms with van der Waals surface area (Å²) >= 11 is 0. The molecular formula is C100H104BN3. The van der Waals surface area contributed by atoms with E-state index in [1.807, 2.05) is 6.07 Å². The van der Waals surface area contributed by atoms with Crippen molar-refractivity contribution < 1.29 is 11.0 Å². The van der Waals surface area contributed by atoms with Gasteiger partial charge < -0.3 is 14.4 Å². The first-order valence-electron chi connectivity index (χ1n) is 41.3. The zero-order valence-electron chi connectivity index (χ0n) is 73.0. The number of fused-ring (bicyclic) bond motifs is 7. The molecule has 104 heavy (non-hydrogen) atoms. The van der Waals surface area contributed by atoms with Gasteiger partial charge in [-0.25, -0.2) is 0 Å². The first-order chi connectivity index (χ1) is 52.3. The van der Waals surface area contributed by atoms with Gasteiger partial charge in [-0.2, -0.15) is 0 Å². The number of rotatable bonds is 8. The molecule has 0 atom stereocenters. The molecule has 2 aliphatic heterocycles. The van der Waals surface area contributed by atoms with Crippen LogP contribution in [0.5, 0.6) is 0 Å². The van der Waals surface area contributed by atoms with Crippen molar-refractivity contribution in [3.05, 3.63) is 287 Å². The monoisotopic (exact) mass is 1370 g/mol. The molecule has 13 aromatic rings. The molecule has 0 N–H and O–H groups in total. The third kappa shape index (κ3) is 12.4. The van der Waals surface area contributed by atoms with Gasteiger partial charge in [-0.15, -0.1) is 0 Å². The van der Waals surface area contributed by atoms with E-state index >= 15 is 0 Å². The summed E-state index contributed by atoms with van der Waals surface area (Å²) in [7, 11) is 0. The highest BCUT2D eigenvalue weighted by molar-refractivity contribution is 7.00. The standard InChI is InChI=1S/C100H104BN3/c1-94(2,3)69-45-36-63(37-46-69)77-30-26-31-78(64-38-47-70(48-39-64)95(4,5)6)92(77)103-87-58-67(68-56-73(98(13,14)15)59-74(57-68)99(16,17)18)44-54-83(87)101-84-55-53-76(102-85-34-24-22-28-81(85)82-29-23-25-35-86(82)102)62-88(84)104(90-61-75(100(19,20)21)60-89(103)91(90)101)93-79(65-40-49-71(50-41-65)96(7,8)9)32-27-33-80(93)66-42-51-72(52-43-66)97(10,11)12/h22-62H,1-21H3/i22D,23D,24D,25D,28D,29D,34D,35D. The predicted molar refractivity (Wildman–Crippen MR) is 453 cm³/mol. The van der Waals surface area contributed by atoms with Crippen molar-refractivity contribution in [1.29, 1.82) is 0 Å². The van der Waals surface area contributed by atoms with Crippen molar-refractivity contribution in [2.45, 2.75) is 183 Å². The van der Waals surface area contributed by atoms with Gasteiger partial charge >= 0.3 is 0 Å². The van der Waals surface area contributed by atoms with E-state index in [1.54, 1.807) is 4.57 Å². The number of benzene rings is 12. The lowest BCUT2D eigenvalue weighted by Crippen LogP contribution is -2.61. The Morgan fingerprint density at radius 3 is 0.923 bits per heavy atom. The van der Waals surface area contributed by atoms with Crippen molar-refractivity contribution >= 4 is 79.0 Å². The largest absolute Gasteiger partial charge is 0.310 e. The highest BCUT2D eigenvalue weighted by Gasteiger charge is 2.46. The van der Waals surface area contributed by atoms with Crippen LogP contribution in [0.3, 0.4) is 0 Å². The lowest BCUT2D eigenvalue weighted by atomic mass is 9.33. The van der Waals surface area contributed by atoms with Crippen LogP contribution in [0.15, 0.2) is 249 Å². The Kier molecular flexibility index (Phi) is 14.5. The fourth-order valence-corrected chi connectivity index (χ4v) is 15.7. The molecule has 522 valence electrons. The smallest absolute Gasteiger partial charge is 0.252 e. The summed E-state index contributed by atoms with van der Waals surface area (Å²) in [5, 5.41) is 0.0410. The van der Waals surface area contributed by atoms with E-state index in [2.05, 4.69) is 349 Å². The number of nitrogens with zero attached hydrogens (tertiary/aromatic N) is 3. The molecule has 0 saturated carbocycles. The minimum Gasteiger partial charge on any atom is -0.310 e. The summed E-state index contributed by atoms with van der Waals surface area (Å²) in [6.07, 6.45) is 0. The van der Waals surface area contributed by atoms with Crippen LogP contribution < -0.4 is 26.2 Å². The molecule has 0 radical (unpaired) electrons. The Labute approximate surface area is 633 Å². The summed E-state index contributed by atoms with van der Waals surface area (Å²) in [5.74, 6) is 0. The van der Waals surface area contributed by atoms with Crippen LogP contribution in [0.1, 0.15) is 195 Å². The average Bonchev–Trinajstić information content (AvgIpc) is 0.944. The average molecular weight is 1370 g/mol. The van der Waals surface area contributed by atoms with E-state index < -0.39 is 36.3 Å². The van der Waals surface area contributed by atoms with E-state index in [9.17, 15) is 8.22 Å². The fourth-order valence-electron chi connectivity index (χ4n) is 15.7. The van der Waals surface area contributed by atoms with Gasteiger partial charge in [0.1, 0.15) is 0 Å². The van der Waals surface area contributed by atoms with Crippen molar-refractivity contribution in [3.63, 3.8) is 0 Å². The summed E-state index contributed by atoms with van der Waals surface area (Å²) in [6.45, 7) is 47.3. The predicted octanol–water partition coefficient (Wildman–Crippen LogP) is 26.3. The lowest BCUT2D eigenvalue weighted by molar-refractivity contribution is 0.569. The quantitative estimate of drug-likeness (QED) is 0.141. The van der Waals surface area contributed by atoms with Gasteiger partial charge in [-0.3, -0.25) is 0 Å². The van der Waals surface area contributed by atoms with Crippen molar-refractivity contribution in [2.24, 2.45) is 0 Å². The second kappa shape index (κ2) is 24.9. The number of para-hydroxylation sites is 4. The minimum absolute atomic E-state index is 0.0205. The molecule has 4 heteroatoms. The van der Waals surface area contributed by atoms with E-state index in [4.69, 9.17) is 2.74 Å². The Hall–Kier alpha value is -9.90. The maximum atomic E-state index is 9.88. The molecular weight excluding hydrogens is 1250 g/mol. The summed E-state index contributed by atoms with van der Waals surface area (Å²) in [5.41, 5.74) is 26.9. The molecule has 0 amide bonds. The van der Waals surface area contributed by atoms with Crippen LogP contribution in [0.2, 0.25) is 0 Å². The fraction of sp³-hybridized carbons (Fsp3) is 0.280. The van der Waals surface area contributed by atoms with Crippen molar-refractivity contribution in [1.82, 2.24) is 4.57 Å². The number of aromatic nitrogens is 1. The van der Waals surface area contributed by atoms with Crippen LogP contribution in [0.25, 0.3) is 83.1 Å². The molecule has 0 aliphatic carbocycles. The van der Waals surface area contributed by atoms with Crippen LogP contribution >= 0.6 is 0 Å². The molecule has 0 spiro atoms. The van der Waals surface area contributed by atoms with Gasteiger partial charge in [0.25, 0.3) is 6.71 Å². The van der Waals surface area contributed by atoms with E-state index in [1.165, 1.54) is 33.4 Å². The zero-order valence-corrected chi connectivity index (χ0v) is 65.0. The van der Waals surface area contributed by atoms with Crippen molar-refractivity contribution in [3.8, 4) is 61.3 Å². The van der Waals surface area contributed by atoms with Crippen LogP contribution in [-0.4, -0.2) is 11.3 Å². The minimum atomic E-state index is -0.491. The molecule has 0 bridgehead atoms. The van der Waals surface area contributed by atoms with Gasteiger partial charge in [0, 0.05) is 61.5 Å². The molecule has 0 saturated heterocycles. The first-order valence-corrected chi connectivity index (χ1v) is 37.3. The van der Waals surface area contributed by atoms with E-state index in [0.717, 1.165) is 112 Å². The molecule has 3 heterocycles. The first kappa shape index (κ1) is 60.5. The number of hydrogen-bond donors (Lipinski definition) is 0. The summed E-state index contributed by atoms with van der Waals surface area (Å²) < 4.78 is 77.5. The third-order valence-corrected chi connectivity index (χ3v) is 22.0. The van der Waals surface area contributed by atoms with Crippen LogP contribution in [0, 0.1) is 0 Å². The Balaban J connectivity index is 1.16. The van der Waals surface area contributed by atoms with Crippen LogP contribution in [-0.2, 0) is 37.9 Å². The Bertz CT molecular complexity index is 5740. The molecule has 1 aromatic heterocycles. The van der Waals surface area contributed by atoms with E-state index in [0.29, 0.717) is 5.69 Å². The van der Waals surface area contributed by atoms with E-state index in [-0.39, 0.29) is 78.5 Å². The molecule has 0 unspecified atom stereocenters. The zero-order chi connectivity index (χ0) is 80.7. The summed E-state index contributed by atoms with van der Waals surface area (Å²) in [4.78, 5) is 5.11. The van der Waals surface area contributed by atoms with Gasteiger partial charge in [-0.05, 0) is 169 Å². The van der Waals surface area contributed by atoms with Crippen LogP contribution in [0.4, 0.5) is 34.1 Å². The normalized spacial score (nSPS) is 14.6. The lowest BCUT2D eigenvalue weighted by Gasteiger charge is -2.46. The van der Waals surface area contributed by atoms with Gasteiger partial charge in [0.2, 0.25) is 0 Å². The van der Waals surface area contributed by atoms with Gasteiger partial charge in [0.15, 0.2) is 0 Å². The Morgan fingerprint density at radius 2 is 0.577 bits per heavy atom. The number of anilines is 6. The molecule has 3 nitrogen and oxygen atoms in total. The summed E-state index contributed by atoms with van der Waals surface area (Å²) in [6, 6.07) is 72.1. The molecule has 15 rings (SSSR count). The third-order valence-electron chi connectivity index (χ3n) is 22.0. The molecule has 12 aromatic carbocycles. The molecule has 2 aliphatic rings. The molecule has 0 fully saturated rings. The Morgan fingerprint density at radius 1 is 0.269 bits per heavy atom. The second-order valence-electron chi connectivity index (χ2n) is 36.6. The highest BCUT2D eigenvalue weighted by atomic mass is 15.2. The maximum absolute atomic E-state index is 9.88. The second-order valence-corrected chi connectivity index (χ2v) is 36.6. The topological polar surface area (TPSA) is 11.4 Å². The SMILES string of the molecule is [2H]c1c([2H])c([2H])c2c(c1[2H])c1c([2H])c([2H])c([2H])c([2H])c1n2-c1ccc2c(c1)N(c1c(-c3ccc(C(C)(C)C)cc3)cccc1-c1ccc(C(C)(C)C)cc1)c1cc(C(C)(C)C)cc3c1B2c1ccc(-c2cc(C(C)(C)C)cc(C(C)(C)C)c2)cc1N3c1c(-c2ccc(C(C)(C)C)cc2)cccc1-c1ccc(C(C)(C)C)cc1. The van der Waals surface area contributed by atoms with Gasteiger partial charge in [0.05, 0.1) is 33.4 Å².